The van der Waals surface area contributed by atoms with Crippen molar-refractivity contribution in [2.75, 3.05) is 6.61 Å². The summed E-state index contributed by atoms with van der Waals surface area (Å²) in [6.45, 7) is 15.3. The van der Waals surface area contributed by atoms with Gasteiger partial charge in [0.15, 0.2) is 0 Å². The lowest BCUT2D eigenvalue weighted by molar-refractivity contribution is -0.139. The molecule has 0 heterocycles. The van der Waals surface area contributed by atoms with E-state index in [1.807, 2.05) is 6.08 Å². The molecule has 0 radical (unpaired) electrons. The van der Waals surface area contributed by atoms with Crippen LogP contribution in [0.25, 0.3) is 0 Å². The van der Waals surface area contributed by atoms with Crippen LogP contribution in [0.3, 0.4) is 0 Å². The number of esters is 1. The molecule has 2 nitrogen and oxygen atoms in total. The van der Waals surface area contributed by atoms with E-state index < -0.39 is 0 Å². The second-order valence-corrected chi connectivity index (χ2v) is 6.76. The van der Waals surface area contributed by atoms with Gasteiger partial charge in [0.05, 0.1) is 0 Å². The number of rotatable bonds is 8. The first kappa shape index (κ1) is 18.9. The number of allylic oxidation sites excluding steroid dienone is 3. The maximum atomic E-state index is 10.7. The van der Waals surface area contributed by atoms with E-state index in [2.05, 4.69) is 47.6 Å². The number of carbonyl (C=O) groups excluding carboxylic acids is 1. The second kappa shape index (κ2) is 8.99. The average Bonchev–Trinajstić information content (AvgIpc) is 2.26. The van der Waals surface area contributed by atoms with Gasteiger partial charge >= 0.3 is 5.97 Å². The summed E-state index contributed by atoms with van der Waals surface area (Å²) in [6, 6.07) is 0. The number of hydrogen-bond acceptors (Lipinski definition) is 2. The molecule has 0 spiro atoms. The van der Waals surface area contributed by atoms with Crippen LogP contribution in [0.1, 0.15) is 67.7 Å². The van der Waals surface area contributed by atoms with E-state index in [0.29, 0.717) is 6.61 Å². The zero-order chi connectivity index (χ0) is 15.8. The van der Waals surface area contributed by atoms with E-state index in [4.69, 9.17) is 4.74 Å². The Morgan fingerprint density at radius 3 is 2.25 bits per heavy atom. The Labute approximate surface area is 125 Å². The van der Waals surface area contributed by atoms with Gasteiger partial charge in [-0.2, -0.15) is 0 Å². The maximum absolute atomic E-state index is 10.7. The summed E-state index contributed by atoms with van der Waals surface area (Å²) in [7, 11) is 0. The number of hydrogen-bond donors (Lipinski definition) is 0. The summed E-state index contributed by atoms with van der Waals surface area (Å²) in [5, 5.41) is 0. The van der Waals surface area contributed by atoms with Crippen molar-refractivity contribution in [1.82, 2.24) is 0 Å². The lowest BCUT2D eigenvalue weighted by atomic mass is 9.77. The molecular weight excluding hydrogens is 248 g/mol. The smallest absolute Gasteiger partial charge is 0.302 e. The quantitative estimate of drug-likeness (QED) is 0.446. The van der Waals surface area contributed by atoms with Gasteiger partial charge in [-0.05, 0) is 50.5 Å². The van der Waals surface area contributed by atoms with Gasteiger partial charge < -0.3 is 4.74 Å². The highest BCUT2D eigenvalue weighted by Crippen LogP contribution is 2.33. The van der Waals surface area contributed by atoms with E-state index >= 15 is 0 Å². The van der Waals surface area contributed by atoms with Gasteiger partial charge in [-0.25, -0.2) is 0 Å². The summed E-state index contributed by atoms with van der Waals surface area (Å²) >= 11 is 0. The molecule has 0 saturated heterocycles. The van der Waals surface area contributed by atoms with Crippen LogP contribution >= 0.6 is 0 Å². The molecule has 0 aromatic carbocycles. The van der Waals surface area contributed by atoms with Crippen LogP contribution in [0.5, 0.6) is 0 Å². The van der Waals surface area contributed by atoms with Crippen LogP contribution in [0.2, 0.25) is 0 Å². The summed E-state index contributed by atoms with van der Waals surface area (Å²) in [4.78, 5) is 10.7. The SMILES string of the molecule is CC(=O)OC/C=C(\C)CC/C=C(\C)C(C)(C)CC(C)C. The Bertz CT molecular complexity index is 360. The molecule has 116 valence electrons. The van der Waals surface area contributed by atoms with Crippen LogP contribution in [-0.4, -0.2) is 12.6 Å². The van der Waals surface area contributed by atoms with Crippen molar-refractivity contribution in [2.24, 2.45) is 11.3 Å². The van der Waals surface area contributed by atoms with Gasteiger partial charge in [-0.1, -0.05) is 44.9 Å². The van der Waals surface area contributed by atoms with E-state index in [1.165, 1.54) is 24.5 Å². The van der Waals surface area contributed by atoms with Crippen LogP contribution in [0, 0.1) is 11.3 Å². The van der Waals surface area contributed by atoms with E-state index in [-0.39, 0.29) is 11.4 Å². The predicted molar refractivity (Wildman–Crippen MR) is 86.6 cm³/mol. The molecule has 0 aliphatic rings. The number of ether oxygens (including phenoxy) is 1. The van der Waals surface area contributed by atoms with Crippen molar-refractivity contribution >= 4 is 5.97 Å². The zero-order valence-electron chi connectivity index (χ0n) is 14.4. The topological polar surface area (TPSA) is 26.3 Å². The fourth-order valence-electron chi connectivity index (χ4n) is 2.38. The van der Waals surface area contributed by atoms with Crippen molar-refractivity contribution < 1.29 is 9.53 Å². The molecule has 0 fully saturated rings. The van der Waals surface area contributed by atoms with Crippen molar-refractivity contribution in [2.45, 2.75) is 67.7 Å². The van der Waals surface area contributed by atoms with Crippen molar-refractivity contribution in [3.8, 4) is 0 Å². The van der Waals surface area contributed by atoms with Crippen molar-refractivity contribution in [1.29, 1.82) is 0 Å². The Morgan fingerprint density at radius 2 is 1.75 bits per heavy atom. The minimum atomic E-state index is -0.222. The molecule has 0 aliphatic heterocycles. The van der Waals surface area contributed by atoms with Gasteiger partial charge in [-0.15, -0.1) is 0 Å². The molecule has 0 amide bonds. The Hall–Kier alpha value is -1.05. The normalized spacial score (nSPS) is 13.8. The second-order valence-electron chi connectivity index (χ2n) is 6.76. The lowest BCUT2D eigenvalue weighted by Gasteiger charge is -2.28. The summed E-state index contributed by atoms with van der Waals surface area (Å²) in [6.07, 6.45) is 7.64. The van der Waals surface area contributed by atoms with Crippen molar-refractivity contribution in [3.63, 3.8) is 0 Å². The van der Waals surface area contributed by atoms with Crippen LogP contribution in [-0.2, 0) is 9.53 Å². The van der Waals surface area contributed by atoms with E-state index in [0.717, 1.165) is 18.8 Å². The van der Waals surface area contributed by atoms with Crippen LogP contribution < -0.4 is 0 Å². The molecule has 0 bridgehead atoms. The van der Waals surface area contributed by atoms with E-state index in [1.54, 1.807) is 0 Å². The third-order valence-corrected chi connectivity index (χ3v) is 3.69. The highest BCUT2D eigenvalue weighted by molar-refractivity contribution is 5.66. The third-order valence-electron chi connectivity index (χ3n) is 3.69. The minimum Gasteiger partial charge on any atom is -0.462 e. The van der Waals surface area contributed by atoms with Gasteiger partial charge in [0.1, 0.15) is 6.61 Å². The fraction of sp³-hybridized carbons (Fsp3) is 0.722. The van der Waals surface area contributed by atoms with Crippen molar-refractivity contribution in [3.05, 3.63) is 23.3 Å². The zero-order valence-corrected chi connectivity index (χ0v) is 14.4. The lowest BCUT2D eigenvalue weighted by Crippen LogP contribution is -2.15. The molecule has 20 heavy (non-hydrogen) atoms. The van der Waals surface area contributed by atoms with Gasteiger partial charge in [0, 0.05) is 6.92 Å². The molecule has 0 aliphatic carbocycles. The highest BCUT2D eigenvalue weighted by atomic mass is 16.5. The largest absolute Gasteiger partial charge is 0.462 e. The molecule has 2 heteroatoms. The summed E-state index contributed by atoms with van der Waals surface area (Å²) in [5.74, 6) is 0.499. The van der Waals surface area contributed by atoms with Gasteiger partial charge in [0.25, 0.3) is 0 Å². The van der Waals surface area contributed by atoms with Crippen LogP contribution in [0.15, 0.2) is 23.3 Å². The molecular formula is C18H32O2. The highest BCUT2D eigenvalue weighted by Gasteiger charge is 2.20. The molecule has 0 aromatic rings. The first-order chi connectivity index (χ1) is 9.15. The average molecular weight is 280 g/mol. The molecule has 0 atom stereocenters. The number of carbonyl (C=O) groups is 1. The first-order valence-electron chi connectivity index (χ1n) is 7.61. The molecule has 0 aromatic heterocycles. The maximum Gasteiger partial charge on any atom is 0.302 e. The fourth-order valence-corrected chi connectivity index (χ4v) is 2.38. The van der Waals surface area contributed by atoms with E-state index in [9.17, 15) is 4.79 Å². The third kappa shape index (κ3) is 8.95. The standard InChI is InChI=1S/C18H32O2/c1-14(2)13-18(6,7)16(4)10-8-9-15(3)11-12-20-17(5)19/h10-11,14H,8-9,12-13H2,1-7H3/b15-11+,16-10+. The minimum absolute atomic E-state index is 0.222. The summed E-state index contributed by atoms with van der Waals surface area (Å²) < 4.78 is 4.91. The monoisotopic (exact) mass is 280 g/mol. The molecule has 0 rings (SSSR count). The Balaban J connectivity index is 4.25. The summed E-state index contributed by atoms with van der Waals surface area (Å²) in [5.41, 5.74) is 3.03. The molecule has 0 N–H and O–H groups in total. The van der Waals surface area contributed by atoms with Crippen LogP contribution in [0.4, 0.5) is 0 Å². The predicted octanol–water partition coefficient (Wildman–Crippen LogP) is 5.29. The molecule has 0 saturated carbocycles. The van der Waals surface area contributed by atoms with Gasteiger partial charge in [-0.3, -0.25) is 4.79 Å². The van der Waals surface area contributed by atoms with Gasteiger partial charge in [0.2, 0.25) is 0 Å². The molecule has 0 unspecified atom stereocenters. The Morgan fingerprint density at radius 1 is 1.15 bits per heavy atom. The Kier molecular flexibility index (Phi) is 8.52. The first-order valence-corrected chi connectivity index (χ1v) is 7.61.